The molecule has 1 heterocycles. The molecule has 28 heavy (non-hydrogen) atoms. The number of amides is 1. The first-order valence-corrected chi connectivity index (χ1v) is 11.5. The van der Waals surface area contributed by atoms with Crippen molar-refractivity contribution >= 4 is 12.0 Å². The van der Waals surface area contributed by atoms with E-state index in [0.29, 0.717) is 22.8 Å². The minimum atomic E-state index is 0.332. The fraction of sp³-hybridized carbons (Fsp3) is 0.654. The van der Waals surface area contributed by atoms with Gasteiger partial charge in [-0.15, -0.1) is 0 Å². The number of rotatable bonds is 1. The van der Waals surface area contributed by atoms with Gasteiger partial charge in [0.2, 0.25) is 5.91 Å². The molecule has 0 N–H and O–H groups in total. The van der Waals surface area contributed by atoms with Crippen LogP contribution in [-0.2, 0) is 4.79 Å². The van der Waals surface area contributed by atoms with Gasteiger partial charge in [-0.05, 0) is 79.1 Å². The maximum Gasteiger partial charge on any atom is 0.222 e. The Morgan fingerprint density at radius 3 is 2.54 bits per heavy atom. The van der Waals surface area contributed by atoms with Crippen molar-refractivity contribution in [3.05, 3.63) is 41.5 Å². The number of fused-ring (bicyclic) bond motifs is 5. The average Bonchev–Trinajstić information content (AvgIpc) is 3.02. The third-order valence-corrected chi connectivity index (χ3v) is 9.55. The Labute approximate surface area is 170 Å². The van der Waals surface area contributed by atoms with E-state index in [1.165, 1.54) is 44.1 Å². The van der Waals surface area contributed by atoms with Gasteiger partial charge in [-0.25, -0.2) is 0 Å². The van der Waals surface area contributed by atoms with Crippen molar-refractivity contribution in [1.29, 1.82) is 0 Å². The molecular weight excluding hydrogens is 342 g/mol. The number of benzene rings is 1. The zero-order valence-electron chi connectivity index (χ0n) is 17.8. The van der Waals surface area contributed by atoms with Crippen LogP contribution in [0.1, 0.15) is 70.8 Å². The zero-order chi connectivity index (χ0) is 19.5. The zero-order valence-corrected chi connectivity index (χ0v) is 17.8. The lowest BCUT2D eigenvalue weighted by Crippen LogP contribution is -2.61. The van der Waals surface area contributed by atoms with Gasteiger partial charge in [-0.2, -0.15) is 0 Å². The molecule has 0 spiro atoms. The van der Waals surface area contributed by atoms with Crippen LogP contribution < -0.4 is 0 Å². The standard InChI is InChI=1S/C26H35NO/c1-25-15-13-22-20(10-12-23-26(22,2)16-14-24(28)27(23)3)21(25)11-9-19(25)17-18-7-5-4-6-8-18/h4-8,17,20-23H,9-16H2,1-3H3/b19-17+/t20-,21-,22-,23+,25+,26+/m0/s1. The van der Waals surface area contributed by atoms with Crippen LogP contribution in [0.4, 0.5) is 0 Å². The van der Waals surface area contributed by atoms with E-state index in [-0.39, 0.29) is 0 Å². The normalized spacial score (nSPS) is 44.2. The number of hydrogen-bond donors (Lipinski definition) is 0. The predicted molar refractivity (Wildman–Crippen MR) is 115 cm³/mol. The summed E-state index contributed by atoms with van der Waals surface area (Å²) >= 11 is 0. The summed E-state index contributed by atoms with van der Waals surface area (Å²) in [5, 5.41) is 0. The molecule has 1 amide bonds. The Morgan fingerprint density at radius 1 is 0.964 bits per heavy atom. The summed E-state index contributed by atoms with van der Waals surface area (Å²) in [4.78, 5) is 14.4. The van der Waals surface area contributed by atoms with Gasteiger partial charge in [0.1, 0.15) is 0 Å². The van der Waals surface area contributed by atoms with Crippen molar-refractivity contribution in [2.75, 3.05) is 7.05 Å². The van der Waals surface area contributed by atoms with E-state index in [0.717, 1.165) is 30.6 Å². The molecule has 5 rings (SSSR count). The van der Waals surface area contributed by atoms with Crippen molar-refractivity contribution in [3.8, 4) is 0 Å². The highest BCUT2D eigenvalue weighted by Gasteiger charge is 2.59. The first-order valence-electron chi connectivity index (χ1n) is 11.5. The molecule has 0 radical (unpaired) electrons. The van der Waals surface area contributed by atoms with Crippen LogP contribution in [0.25, 0.3) is 6.08 Å². The molecule has 0 unspecified atom stereocenters. The van der Waals surface area contributed by atoms with Crippen LogP contribution in [0.3, 0.4) is 0 Å². The number of likely N-dealkylation sites (tertiary alicyclic amines) is 1. The molecule has 6 atom stereocenters. The number of allylic oxidation sites excluding steroid dienone is 1. The first-order chi connectivity index (χ1) is 13.4. The topological polar surface area (TPSA) is 20.3 Å². The molecule has 3 saturated carbocycles. The van der Waals surface area contributed by atoms with Gasteiger partial charge < -0.3 is 4.90 Å². The van der Waals surface area contributed by atoms with Crippen molar-refractivity contribution in [2.45, 2.75) is 71.3 Å². The maximum absolute atomic E-state index is 12.3. The Bertz CT molecular complexity index is 798. The van der Waals surface area contributed by atoms with Crippen LogP contribution in [0.5, 0.6) is 0 Å². The highest BCUT2D eigenvalue weighted by Crippen LogP contribution is 2.66. The van der Waals surface area contributed by atoms with E-state index < -0.39 is 0 Å². The summed E-state index contributed by atoms with van der Waals surface area (Å²) in [6.45, 7) is 5.09. The monoisotopic (exact) mass is 377 g/mol. The third kappa shape index (κ3) is 2.56. The molecule has 2 heteroatoms. The van der Waals surface area contributed by atoms with Gasteiger partial charge in [0.15, 0.2) is 0 Å². The third-order valence-electron chi connectivity index (χ3n) is 9.55. The molecule has 3 aliphatic carbocycles. The molecule has 0 bridgehead atoms. The van der Waals surface area contributed by atoms with Gasteiger partial charge in [-0.3, -0.25) is 4.79 Å². The minimum absolute atomic E-state index is 0.332. The summed E-state index contributed by atoms with van der Waals surface area (Å²) in [6.07, 6.45) is 12.2. The predicted octanol–water partition coefficient (Wildman–Crippen LogP) is 5.93. The van der Waals surface area contributed by atoms with Crippen LogP contribution in [-0.4, -0.2) is 23.9 Å². The van der Waals surface area contributed by atoms with Crippen LogP contribution >= 0.6 is 0 Å². The summed E-state index contributed by atoms with van der Waals surface area (Å²) in [5.41, 5.74) is 3.78. The number of hydrogen-bond acceptors (Lipinski definition) is 1. The maximum atomic E-state index is 12.3. The lowest BCUT2D eigenvalue weighted by atomic mass is 9.47. The summed E-state index contributed by atoms with van der Waals surface area (Å²) in [6, 6.07) is 11.4. The Morgan fingerprint density at radius 2 is 1.75 bits per heavy atom. The van der Waals surface area contributed by atoms with Gasteiger partial charge in [0, 0.05) is 19.5 Å². The molecule has 0 aromatic heterocycles. The number of carbonyl (C=O) groups excluding carboxylic acids is 1. The molecule has 1 saturated heterocycles. The smallest absolute Gasteiger partial charge is 0.222 e. The SMILES string of the molecule is CN1C(=O)CC[C@]2(C)[C@H]3CC[C@]4(C)/C(=C/c5ccccc5)CC[C@H]4[C@@H]3CC[C@@H]12. The van der Waals surface area contributed by atoms with E-state index in [1.807, 2.05) is 0 Å². The Balaban J connectivity index is 1.44. The number of nitrogens with zero attached hydrogens (tertiary/aromatic N) is 1. The Hall–Kier alpha value is -1.57. The lowest BCUT2D eigenvalue weighted by Gasteiger charge is -2.61. The summed E-state index contributed by atoms with van der Waals surface area (Å²) < 4.78 is 0. The molecule has 2 nitrogen and oxygen atoms in total. The minimum Gasteiger partial charge on any atom is -0.342 e. The highest BCUT2D eigenvalue weighted by molar-refractivity contribution is 5.77. The lowest BCUT2D eigenvalue weighted by molar-refractivity contribution is -0.156. The van der Waals surface area contributed by atoms with Crippen LogP contribution in [0.15, 0.2) is 35.9 Å². The largest absolute Gasteiger partial charge is 0.342 e. The van der Waals surface area contributed by atoms with Crippen LogP contribution in [0, 0.1) is 28.6 Å². The average molecular weight is 378 g/mol. The number of carbonyl (C=O) groups is 1. The molecular formula is C26H35NO. The van der Waals surface area contributed by atoms with E-state index in [2.05, 4.69) is 62.2 Å². The molecule has 4 fully saturated rings. The Kier molecular flexibility index (Phi) is 4.27. The van der Waals surface area contributed by atoms with Gasteiger partial charge in [0.05, 0.1) is 0 Å². The van der Waals surface area contributed by atoms with E-state index in [9.17, 15) is 4.79 Å². The first kappa shape index (κ1) is 18.5. The van der Waals surface area contributed by atoms with E-state index in [1.54, 1.807) is 5.57 Å². The fourth-order valence-electron chi connectivity index (χ4n) is 7.99. The fourth-order valence-corrected chi connectivity index (χ4v) is 7.99. The second kappa shape index (κ2) is 6.47. The van der Waals surface area contributed by atoms with Crippen molar-refractivity contribution in [1.82, 2.24) is 4.90 Å². The molecule has 1 aromatic carbocycles. The second-order valence-electron chi connectivity index (χ2n) is 10.6. The van der Waals surface area contributed by atoms with E-state index >= 15 is 0 Å². The summed E-state index contributed by atoms with van der Waals surface area (Å²) in [7, 11) is 2.06. The van der Waals surface area contributed by atoms with Gasteiger partial charge in [-0.1, -0.05) is 55.8 Å². The molecule has 4 aliphatic rings. The van der Waals surface area contributed by atoms with Crippen molar-refractivity contribution < 1.29 is 4.79 Å². The van der Waals surface area contributed by atoms with E-state index in [4.69, 9.17) is 0 Å². The highest BCUT2D eigenvalue weighted by atomic mass is 16.2. The van der Waals surface area contributed by atoms with Crippen molar-refractivity contribution in [2.24, 2.45) is 28.6 Å². The van der Waals surface area contributed by atoms with Gasteiger partial charge >= 0.3 is 0 Å². The van der Waals surface area contributed by atoms with Crippen molar-refractivity contribution in [3.63, 3.8) is 0 Å². The molecule has 1 aromatic rings. The second-order valence-corrected chi connectivity index (χ2v) is 10.6. The van der Waals surface area contributed by atoms with Gasteiger partial charge in [0.25, 0.3) is 0 Å². The number of piperidine rings is 1. The van der Waals surface area contributed by atoms with Crippen LogP contribution in [0.2, 0.25) is 0 Å². The molecule has 150 valence electrons. The molecule has 1 aliphatic heterocycles. The quantitative estimate of drug-likeness (QED) is 0.593. The summed E-state index contributed by atoms with van der Waals surface area (Å²) in [5.74, 6) is 2.86.